The average Bonchev–Trinajstić information content (AvgIpc) is 3.34. The standard InChI is InChI=1S/C25H22N4O3/c1-31-18-11-7-16(8-12-18)23-21(15-26-28-23)24-27-22-6-4-3-5-20(22)25(30)29(24)17-9-13-19(32-2)14-10-17/h3-15,24,27H,1-2H3,(H,26,28). The smallest absolute Gasteiger partial charge is 0.262 e. The van der Waals surface area contributed by atoms with Gasteiger partial charge in [-0.3, -0.25) is 14.8 Å². The summed E-state index contributed by atoms with van der Waals surface area (Å²) in [7, 11) is 3.26. The van der Waals surface area contributed by atoms with Gasteiger partial charge in [0.1, 0.15) is 17.7 Å². The minimum atomic E-state index is -0.457. The molecule has 1 atom stereocenters. The number of nitrogens with zero attached hydrogens (tertiary/aromatic N) is 2. The van der Waals surface area contributed by atoms with E-state index in [1.54, 1.807) is 25.3 Å². The number of hydrogen-bond acceptors (Lipinski definition) is 5. The third-order valence-corrected chi connectivity index (χ3v) is 5.62. The normalized spacial score (nSPS) is 15.1. The molecule has 0 aliphatic carbocycles. The number of ether oxygens (including phenoxy) is 2. The van der Waals surface area contributed by atoms with Crippen molar-refractivity contribution in [1.82, 2.24) is 10.2 Å². The maximum absolute atomic E-state index is 13.6. The molecule has 0 bridgehead atoms. The number of rotatable bonds is 5. The third kappa shape index (κ3) is 3.33. The van der Waals surface area contributed by atoms with Crippen molar-refractivity contribution in [2.24, 2.45) is 0 Å². The molecule has 32 heavy (non-hydrogen) atoms. The lowest BCUT2D eigenvalue weighted by molar-refractivity contribution is 0.0975. The van der Waals surface area contributed by atoms with Gasteiger partial charge in [-0.2, -0.15) is 5.10 Å². The van der Waals surface area contributed by atoms with E-state index >= 15 is 0 Å². The molecule has 1 aliphatic heterocycles. The molecular formula is C25H22N4O3. The molecule has 3 aromatic carbocycles. The number of methoxy groups -OCH3 is 2. The van der Waals surface area contributed by atoms with Crippen LogP contribution < -0.4 is 19.7 Å². The van der Waals surface area contributed by atoms with Gasteiger partial charge in [-0.05, 0) is 60.7 Å². The van der Waals surface area contributed by atoms with Crippen molar-refractivity contribution in [3.8, 4) is 22.8 Å². The summed E-state index contributed by atoms with van der Waals surface area (Å²) in [6.07, 6.45) is 1.30. The second-order valence-electron chi connectivity index (χ2n) is 7.39. The molecule has 1 unspecified atom stereocenters. The van der Waals surface area contributed by atoms with Crippen LogP contribution in [0.3, 0.4) is 0 Å². The summed E-state index contributed by atoms with van der Waals surface area (Å²) in [5.74, 6) is 1.41. The van der Waals surface area contributed by atoms with Crippen LogP contribution in [0.4, 0.5) is 11.4 Å². The Morgan fingerprint density at radius 1 is 0.875 bits per heavy atom. The number of aromatic amines is 1. The van der Waals surface area contributed by atoms with Crippen LogP contribution in [-0.2, 0) is 0 Å². The van der Waals surface area contributed by atoms with Gasteiger partial charge in [0.15, 0.2) is 0 Å². The predicted molar refractivity (Wildman–Crippen MR) is 123 cm³/mol. The summed E-state index contributed by atoms with van der Waals surface area (Å²) in [5.41, 5.74) is 4.79. The van der Waals surface area contributed by atoms with Crippen molar-refractivity contribution in [1.29, 1.82) is 0 Å². The van der Waals surface area contributed by atoms with Gasteiger partial charge in [-0.1, -0.05) is 12.1 Å². The fourth-order valence-corrected chi connectivity index (χ4v) is 3.97. The van der Waals surface area contributed by atoms with Crippen LogP contribution in [0.25, 0.3) is 11.3 Å². The van der Waals surface area contributed by atoms with Crippen molar-refractivity contribution in [2.45, 2.75) is 6.17 Å². The Bertz CT molecular complexity index is 1250. The van der Waals surface area contributed by atoms with Crippen LogP contribution >= 0.6 is 0 Å². The van der Waals surface area contributed by atoms with E-state index < -0.39 is 6.17 Å². The van der Waals surface area contributed by atoms with Gasteiger partial charge in [0.2, 0.25) is 0 Å². The van der Waals surface area contributed by atoms with Crippen molar-refractivity contribution in [3.63, 3.8) is 0 Å². The van der Waals surface area contributed by atoms with Crippen molar-refractivity contribution in [2.75, 3.05) is 24.4 Å². The highest BCUT2D eigenvalue weighted by Gasteiger charge is 2.36. The maximum Gasteiger partial charge on any atom is 0.262 e. The number of anilines is 2. The van der Waals surface area contributed by atoms with E-state index in [0.29, 0.717) is 5.56 Å². The quantitative estimate of drug-likeness (QED) is 0.476. The lowest BCUT2D eigenvalue weighted by atomic mass is 10.0. The van der Waals surface area contributed by atoms with Crippen LogP contribution in [0.15, 0.2) is 79.0 Å². The molecule has 2 heterocycles. The zero-order chi connectivity index (χ0) is 22.1. The monoisotopic (exact) mass is 426 g/mol. The van der Waals surface area contributed by atoms with Gasteiger partial charge in [-0.25, -0.2) is 0 Å². The number of hydrogen-bond donors (Lipinski definition) is 2. The van der Waals surface area contributed by atoms with Crippen LogP contribution in [0.1, 0.15) is 22.1 Å². The molecule has 0 saturated carbocycles. The number of carbonyl (C=O) groups excluding carboxylic acids is 1. The van der Waals surface area contributed by atoms with Crippen LogP contribution in [0, 0.1) is 0 Å². The Balaban J connectivity index is 1.62. The largest absolute Gasteiger partial charge is 0.497 e. The topological polar surface area (TPSA) is 79.5 Å². The van der Waals surface area contributed by atoms with E-state index in [1.165, 1.54) is 0 Å². The summed E-state index contributed by atoms with van der Waals surface area (Å²) in [6.45, 7) is 0. The van der Waals surface area contributed by atoms with Gasteiger partial charge in [0, 0.05) is 22.5 Å². The first kappa shape index (κ1) is 19.7. The van der Waals surface area contributed by atoms with E-state index in [1.807, 2.05) is 72.8 Å². The number of H-pyrrole nitrogens is 1. The first-order valence-corrected chi connectivity index (χ1v) is 10.2. The highest BCUT2D eigenvalue weighted by molar-refractivity contribution is 6.12. The van der Waals surface area contributed by atoms with E-state index in [4.69, 9.17) is 9.47 Å². The van der Waals surface area contributed by atoms with Crippen molar-refractivity contribution in [3.05, 3.63) is 90.1 Å². The van der Waals surface area contributed by atoms with Gasteiger partial charge < -0.3 is 14.8 Å². The molecule has 0 spiro atoms. The number of para-hydroxylation sites is 1. The lowest BCUT2D eigenvalue weighted by Crippen LogP contribution is -2.43. The summed E-state index contributed by atoms with van der Waals surface area (Å²) < 4.78 is 10.6. The fraction of sp³-hybridized carbons (Fsp3) is 0.120. The molecule has 0 fully saturated rings. The van der Waals surface area contributed by atoms with Gasteiger partial charge in [0.25, 0.3) is 5.91 Å². The number of fused-ring (bicyclic) bond motifs is 1. The molecule has 4 aromatic rings. The van der Waals surface area contributed by atoms with Gasteiger partial charge >= 0.3 is 0 Å². The predicted octanol–water partition coefficient (Wildman–Crippen LogP) is 4.87. The van der Waals surface area contributed by atoms with Gasteiger partial charge in [-0.15, -0.1) is 0 Å². The summed E-state index contributed by atoms with van der Waals surface area (Å²) in [5, 5.41) is 10.9. The fourth-order valence-electron chi connectivity index (χ4n) is 3.97. The molecule has 7 nitrogen and oxygen atoms in total. The zero-order valence-electron chi connectivity index (χ0n) is 17.7. The second-order valence-corrected chi connectivity index (χ2v) is 7.39. The highest BCUT2D eigenvalue weighted by Crippen LogP contribution is 2.39. The lowest BCUT2D eigenvalue weighted by Gasteiger charge is -2.38. The molecular weight excluding hydrogens is 404 g/mol. The third-order valence-electron chi connectivity index (χ3n) is 5.62. The molecule has 1 aromatic heterocycles. The van der Waals surface area contributed by atoms with Crippen LogP contribution in [0.2, 0.25) is 0 Å². The van der Waals surface area contributed by atoms with E-state index in [9.17, 15) is 4.79 Å². The maximum atomic E-state index is 13.6. The molecule has 0 saturated heterocycles. The van der Waals surface area contributed by atoms with Gasteiger partial charge in [0.05, 0.1) is 31.7 Å². The summed E-state index contributed by atoms with van der Waals surface area (Å²) in [4.78, 5) is 15.4. The Morgan fingerprint density at radius 3 is 2.22 bits per heavy atom. The Morgan fingerprint density at radius 2 is 1.53 bits per heavy atom. The Labute approximate surface area is 185 Å². The van der Waals surface area contributed by atoms with Crippen LogP contribution in [-0.4, -0.2) is 30.3 Å². The van der Waals surface area contributed by atoms with E-state index in [-0.39, 0.29) is 5.91 Å². The van der Waals surface area contributed by atoms with Crippen molar-refractivity contribution < 1.29 is 14.3 Å². The molecule has 5 rings (SSSR count). The SMILES string of the molecule is COc1ccc(-c2[nH]ncc2C2Nc3ccccc3C(=O)N2c2ccc(OC)cc2)cc1. The Hall–Kier alpha value is -4.26. The highest BCUT2D eigenvalue weighted by atomic mass is 16.5. The first-order chi connectivity index (χ1) is 15.7. The second kappa shape index (κ2) is 8.11. The average molecular weight is 426 g/mol. The van der Waals surface area contributed by atoms with E-state index in [0.717, 1.165) is 39.7 Å². The Kier molecular flexibility index (Phi) is 4.99. The number of nitrogens with one attached hydrogen (secondary N) is 2. The number of benzene rings is 3. The molecule has 1 amide bonds. The summed E-state index contributed by atoms with van der Waals surface area (Å²) in [6, 6.07) is 22.7. The molecule has 2 N–H and O–H groups in total. The zero-order valence-corrected chi connectivity index (χ0v) is 17.7. The number of carbonyl (C=O) groups is 1. The first-order valence-electron chi connectivity index (χ1n) is 10.2. The van der Waals surface area contributed by atoms with Crippen molar-refractivity contribution >= 4 is 17.3 Å². The minimum Gasteiger partial charge on any atom is -0.497 e. The molecule has 0 radical (unpaired) electrons. The summed E-state index contributed by atoms with van der Waals surface area (Å²) >= 11 is 0. The minimum absolute atomic E-state index is 0.0867. The van der Waals surface area contributed by atoms with Crippen LogP contribution in [0.5, 0.6) is 11.5 Å². The molecule has 7 heteroatoms. The number of amides is 1. The van der Waals surface area contributed by atoms with E-state index in [2.05, 4.69) is 15.5 Å². The number of aromatic nitrogens is 2. The molecule has 160 valence electrons. The molecule has 1 aliphatic rings.